The third-order valence-electron chi connectivity index (χ3n) is 7.55. The van der Waals surface area contributed by atoms with Crippen LogP contribution < -0.4 is 10.6 Å². The Morgan fingerprint density at radius 2 is 1.56 bits per heavy atom. The SMILES string of the molecule is CCCCCCCN(C(=O)C(CC(C)C)NC(=O)OC(C)(C)C)C(C(=O)NC1CCCCC1)c1cc(C)cc(C)c1. The zero-order valence-electron chi connectivity index (χ0n) is 27.1. The van der Waals surface area contributed by atoms with E-state index >= 15 is 0 Å². The van der Waals surface area contributed by atoms with E-state index in [1.54, 1.807) is 25.7 Å². The molecule has 2 N–H and O–H groups in total. The maximum atomic E-state index is 14.5. The van der Waals surface area contributed by atoms with Gasteiger partial charge in [0.25, 0.3) is 0 Å². The molecule has 232 valence electrons. The fraction of sp³-hybridized carbons (Fsp3) is 0.735. The van der Waals surface area contributed by atoms with Gasteiger partial charge in [0.1, 0.15) is 17.7 Å². The van der Waals surface area contributed by atoms with E-state index in [-0.39, 0.29) is 23.8 Å². The molecule has 0 heterocycles. The number of hydrogen-bond acceptors (Lipinski definition) is 4. The van der Waals surface area contributed by atoms with Crippen LogP contribution >= 0.6 is 0 Å². The van der Waals surface area contributed by atoms with Gasteiger partial charge in [0.15, 0.2) is 0 Å². The van der Waals surface area contributed by atoms with E-state index in [1.165, 1.54) is 6.42 Å². The highest BCUT2D eigenvalue weighted by atomic mass is 16.6. The summed E-state index contributed by atoms with van der Waals surface area (Å²) < 4.78 is 5.53. The van der Waals surface area contributed by atoms with Gasteiger partial charge in [0, 0.05) is 12.6 Å². The third-order valence-corrected chi connectivity index (χ3v) is 7.55. The number of nitrogens with one attached hydrogen (secondary N) is 2. The number of alkyl carbamates (subject to hydrolysis) is 1. The van der Waals surface area contributed by atoms with Crippen LogP contribution in [0.25, 0.3) is 0 Å². The summed E-state index contributed by atoms with van der Waals surface area (Å²) in [6, 6.07) is 4.68. The van der Waals surface area contributed by atoms with Crippen LogP contribution in [0.5, 0.6) is 0 Å². The van der Waals surface area contributed by atoms with Gasteiger partial charge in [-0.2, -0.15) is 0 Å². The van der Waals surface area contributed by atoms with Crippen molar-refractivity contribution in [3.05, 3.63) is 34.9 Å². The second-order valence-corrected chi connectivity index (χ2v) is 13.4. The lowest BCUT2D eigenvalue weighted by Crippen LogP contribution is -2.54. The Hall–Kier alpha value is -2.57. The Morgan fingerprint density at radius 1 is 0.951 bits per heavy atom. The molecule has 2 atom stereocenters. The van der Waals surface area contributed by atoms with Crippen LogP contribution in [0.3, 0.4) is 0 Å². The van der Waals surface area contributed by atoms with E-state index < -0.39 is 23.8 Å². The lowest BCUT2D eigenvalue weighted by Gasteiger charge is -2.36. The second kappa shape index (κ2) is 16.8. The predicted molar refractivity (Wildman–Crippen MR) is 167 cm³/mol. The van der Waals surface area contributed by atoms with Gasteiger partial charge in [-0.15, -0.1) is 0 Å². The van der Waals surface area contributed by atoms with Crippen molar-refractivity contribution in [1.29, 1.82) is 0 Å². The highest BCUT2D eigenvalue weighted by Crippen LogP contribution is 2.28. The van der Waals surface area contributed by atoms with Gasteiger partial charge in [-0.1, -0.05) is 95.0 Å². The quantitative estimate of drug-likeness (QED) is 0.226. The molecule has 1 fully saturated rings. The summed E-state index contributed by atoms with van der Waals surface area (Å²) in [7, 11) is 0. The van der Waals surface area contributed by atoms with Crippen LogP contribution in [-0.4, -0.2) is 47.0 Å². The maximum Gasteiger partial charge on any atom is 0.408 e. The molecule has 0 aliphatic heterocycles. The maximum absolute atomic E-state index is 14.5. The molecule has 0 saturated heterocycles. The van der Waals surface area contributed by atoms with Gasteiger partial charge in [-0.3, -0.25) is 9.59 Å². The lowest BCUT2D eigenvalue weighted by atomic mass is 9.93. The van der Waals surface area contributed by atoms with E-state index in [2.05, 4.69) is 23.6 Å². The van der Waals surface area contributed by atoms with Gasteiger partial charge < -0.3 is 20.3 Å². The minimum Gasteiger partial charge on any atom is -0.444 e. The summed E-state index contributed by atoms with van der Waals surface area (Å²) in [5.74, 6) is -0.214. The Labute approximate surface area is 249 Å². The number of amides is 3. The van der Waals surface area contributed by atoms with Crippen LogP contribution in [0.2, 0.25) is 0 Å². The molecule has 2 unspecified atom stereocenters. The summed E-state index contributed by atoms with van der Waals surface area (Å²) >= 11 is 0. The summed E-state index contributed by atoms with van der Waals surface area (Å²) in [6.07, 6.45) is 10.3. The van der Waals surface area contributed by atoms with Crippen molar-refractivity contribution in [3.8, 4) is 0 Å². The van der Waals surface area contributed by atoms with Crippen molar-refractivity contribution in [3.63, 3.8) is 0 Å². The molecule has 0 radical (unpaired) electrons. The smallest absolute Gasteiger partial charge is 0.408 e. The Balaban J connectivity index is 2.50. The van der Waals surface area contributed by atoms with Crippen molar-refractivity contribution >= 4 is 17.9 Å². The summed E-state index contributed by atoms with van der Waals surface area (Å²) in [5, 5.41) is 6.17. The summed E-state index contributed by atoms with van der Waals surface area (Å²) in [5.41, 5.74) is 2.24. The first-order chi connectivity index (χ1) is 19.3. The Bertz CT molecular complexity index is 958. The minimum atomic E-state index is -0.795. The van der Waals surface area contributed by atoms with Crippen molar-refractivity contribution in [2.75, 3.05) is 6.54 Å². The minimum absolute atomic E-state index is 0.123. The molecule has 7 heteroatoms. The fourth-order valence-electron chi connectivity index (χ4n) is 5.76. The molecule has 1 aromatic rings. The standard InChI is InChI=1S/C34H57N3O4/c1-9-10-11-12-16-19-37(32(39)29(20-24(2)3)36-33(40)41-34(6,7)8)30(27-22-25(4)21-26(5)23-27)31(38)35-28-17-14-13-15-18-28/h21-24,28-30H,9-20H2,1-8H3,(H,35,38)(H,36,40). The molecule has 1 aliphatic rings. The largest absolute Gasteiger partial charge is 0.444 e. The first kappa shape index (κ1) is 34.6. The summed E-state index contributed by atoms with van der Waals surface area (Å²) in [4.78, 5) is 43.2. The molecule has 0 aromatic heterocycles. The van der Waals surface area contributed by atoms with E-state index in [0.717, 1.165) is 74.5 Å². The number of ether oxygens (including phenoxy) is 1. The molecule has 7 nitrogen and oxygen atoms in total. The van der Waals surface area contributed by atoms with Gasteiger partial charge in [0.2, 0.25) is 11.8 Å². The van der Waals surface area contributed by atoms with Gasteiger partial charge in [-0.05, 0) is 71.8 Å². The van der Waals surface area contributed by atoms with E-state index in [9.17, 15) is 14.4 Å². The van der Waals surface area contributed by atoms with Crippen LogP contribution in [-0.2, 0) is 14.3 Å². The highest BCUT2D eigenvalue weighted by Gasteiger charge is 2.37. The number of unbranched alkanes of at least 4 members (excludes halogenated alkanes) is 4. The molecule has 0 spiro atoms. The topological polar surface area (TPSA) is 87.7 Å². The molecule has 41 heavy (non-hydrogen) atoms. The normalized spacial score (nSPS) is 15.7. The highest BCUT2D eigenvalue weighted by molar-refractivity contribution is 5.92. The zero-order valence-corrected chi connectivity index (χ0v) is 27.1. The molecule has 1 aliphatic carbocycles. The molecule has 1 aromatic carbocycles. The summed E-state index contributed by atoms with van der Waals surface area (Å²) in [6.45, 7) is 16.2. The average Bonchev–Trinajstić information content (AvgIpc) is 2.85. The molecule has 2 rings (SSSR count). The van der Waals surface area contributed by atoms with Crippen molar-refractivity contribution in [2.24, 2.45) is 5.92 Å². The number of carbonyl (C=O) groups is 3. The zero-order chi connectivity index (χ0) is 30.6. The lowest BCUT2D eigenvalue weighted by molar-refractivity contribution is -0.143. The van der Waals surface area contributed by atoms with Crippen LogP contribution in [0.1, 0.15) is 135 Å². The molecule has 1 saturated carbocycles. The van der Waals surface area contributed by atoms with Crippen LogP contribution in [0, 0.1) is 19.8 Å². The van der Waals surface area contributed by atoms with Crippen molar-refractivity contribution in [2.45, 2.75) is 150 Å². The first-order valence-electron chi connectivity index (χ1n) is 16.0. The third kappa shape index (κ3) is 12.5. The van der Waals surface area contributed by atoms with E-state index in [0.29, 0.717) is 13.0 Å². The number of carbonyl (C=O) groups excluding carboxylic acids is 3. The number of aryl methyl sites for hydroxylation is 2. The monoisotopic (exact) mass is 571 g/mol. The van der Waals surface area contributed by atoms with Crippen molar-refractivity contribution in [1.82, 2.24) is 15.5 Å². The Morgan fingerprint density at radius 3 is 2.12 bits per heavy atom. The van der Waals surface area contributed by atoms with Crippen LogP contribution in [0.15, 0.2) is 18.2 Å². The number of benzene rings is 1. The second-order valence-electron chi connectivity index (χ2n) is 13.4. The fourth-order valence-corrected chi connectivity index (χ4v) is 5.76. The van der Waals surface area contributed by atoms with Gasteiger partial charge in [-0.25, -0.2) is 4.79 Å². The molecule has 3 amide bonds. The number of nitrogens with zero attached hydrogens (tertiary/aromatic N) is 1. The molecular formula is C34H57N3O4. The van der Waals surface area contributed by atoms with Crippen LogP contribution in [0.4, 0.5) is 4.79 Å². The Kier molecular flexibility index (Phi) is 14.2. The predicted octanol–water partition coefficient (Wildman–Crippen LogP) is 7.53. The van der Waals surface area contributed by atoms with Crippen molar-refractivity contribution < 1.29 is 19.1 Å². The first-order valence-corrected chi connectivity index (χ1v) is 16.0. The van der Waals surface area contributed by atoms with Gasteiger partial charge >= 0.3 is 6.09 Å². The average molecular weight is 572 g/mol. The number of hydrogen-bond donors (Lipinski definition) is 2. The molecular weight excluding hydrogens is 514 g/mol. The van der Waals surface area contributed by atoms with Gasteiger partial charge in [0.05, 0.1) is 0 Å². The number of rotatable bonds is 14. The van der Waals surface area contributed by atoms with E-state index in [1.807, 2.05) is 39.8 Å². The molecule has 0 bridgehead atoms. The van der Waals surface area contributed by atoms with E-state index in [4.69, 9.17) is 4.74 Å².